The van der Waals surface area contributed by atoms with E-state index in [0.717, 1.165) is 6.42 Å². The lowest BCUT2D eigenvalue weighted by Crippen LogP contribution is -2.40. The quantitative estimate of drug-likeness (QED) is 0.273. The third-order valence-corrected chi connectivity index (χ3v) is 8.00. The maximum absolute atomic E-state index is 14.0. The Morgan fingerprint density at radius 3 is 2.51 bits per heavy atom. The first kappa shape index (κ1) is 28.7. The summed E-state index contributed by atoms with van der Waals surface area (Å²) < 4.78 is 24.4. The van der Waals surface area contributed by atoms with E-state index in [1.165, 1.54) is 30.1 Å². The summed E-state index contributed by atoms with van der Waals surface area (Å²) in [4.78, 5) is 32.7. The average Bonchev–Trinajstić information content (AvgIpc) is 3.23. The molecular formula is C28H29IN2O7S. The number of phenolic OH excluding ortho intramolecular Hbond substituents is 1. The topological polar surface area (TPSA) is 109 Å². The molecule has 0 bridgehead atoms. The first-order chi connectivity index (χ1) is 18.8. The van der Waals surface area contributed by atoms with Crippen LogP contribution in [0.2, 0.25) is 0 Å². The van der Waals surface area contributed by atoms with E-state index in [-0.39, 0.29) is 17.9 Å². The summed E-state index contributed by atoms with van der Waals surface area (Å²) in [7, 11) is 4.56. The van der Waals surface area contributed by atoms with Crippen LogP contribution in [-0.4, -0.2) is 43.6 Å². The molecule has 1 aromatic heterocycles. The van der Waals surface area contributed by atoms with Crippen molar-refractivity contribution in [3.63, 3.8) is 0 Å². The molecule has 0 unspecified atom stereocenters. The van der Waals surface area contributed by atoms with Crippen LogP contribution in [0.5, 0.6) is 23.0 Å². The number of esters is 1. The first-order valence-electron chi connectivity index (χ1n) is 12.3. The lowest BCUT2D eigenvalue weighted by molar-refractivity contribution is -0.139. The van der Waals surface area contributed by atoms with Gasteiger partial charge in [0.05, 0.1) is 47.3 Å². The van der Waals surface area contributed by atoms with Gasteiger partial charge in [-0.05, 0) is 77.9 Å². The van der Waals surface area contributed by atoms with Crippen LogP contribution in [-0.2, 0) is 9.53 Å². The minimum absolute atomic E-state index is 0.0325. The van der Waals surface area contributed by atoms with Gasteiger partial charge >= 0.3 is 5.97 Å². The number of allylic oxidation sites excluding steroid dienone is 1. The molecule has 0 aliphatic carbocycles. The van der Waals surface area contributed by atoms with E-state index in [1.807, 2.05) is 29.5 Å². The van der Waals surface area contributed by atoms with Crippen molar-refractivity contribution in [3.8, 4) is 23.0 Å². The minimum Gasteiger partial charge on any atom is -0.504 e. The molecule has 206 valence electrons. The Hall–Kier alpha value is -3.32. The number of halogens is 1. The molecule has 0 fully saturated rings. The molecule has 0 saturated heterocycles. The molecule has 0 saturated carbocycles. The fourth-order valence-corrected chi connectivity index (χ4v) is 6.10. The number of benzene rings is 2. The highest BCUT2D eigenvalue weighted by Gasteiger charge is 2.36. The van der Waals surface area contributed by atoms with Crippen molar-refractivity contribution in [1.29, 1.82) is 0 Å². The summed E-state index contributed by atoms with van der Waals surface area (Å²) in [5.74, 6) is 0.843. The third-order valence-electron chi connectivity index (χ3n) is 6.19. The van der Waals surface area contributed by atoms with Gasteiger partial charge in [-0.15, -0.1) is 0 Å². The van der Waals surface area contributed by atoms with Crippen molar-refractivity contribution in [2.24, 2.45) is 4.99 Å². The lowest BCUT2D eigenvalue weighted by Gasteiger charge is -2.27. The number of aromatic nitrogens is 1. The van der Waals surface area contributed by atoms with Crippen LogP contribution >= 0.6 is 33.9 Å². The summed E-state index contributed by atoms with van der Waals surface area (Å²) in [5.41, 5.74) is 1.79. The predicted molar refractivity (Wildman–Crippen MR) is 157 cm³/mol. The number of hydrogen-bond acceptors (Lipinski definition) is 9. The molecular weight excluding hydrogens is 635 g/mol. The van der Waals surface area contributed by atoms with Gasteiger partial charge in [-0.1, -0.05) is 24.7 Å². The molecule has 0 radical (unpaired) electrons. The van der Waals surface area contributed by atoms with E-state index in [4.69, 9.17) is 23.9 Å². The summed E-state index contributed by atoms with van der Waals surface area (Å²) >= 11 is 3.23. The molecule has 39 heavy (non-hydrogen) atoms. The number of rotatable bonds is 9. The number of fused-ring (bicyclic) bond motifs is 1. The van der Waals surface area contributed by atoms with Gasteiger partial charge in [-0.2, -0.15) is 0 Å². The van der Waals surface area contributed by atoms with E-state index >= 15 is 0 Å². The van der Waals surface area contributed by atoms with Gasteiger partial charge in [0.15, 0.2) is 16.3 Å². The molecule has 3 aromatic rings. The molecule has 9 nitrogen and oxygen atoms in total. The van der Waals surface area contributed by atoms with Gasteiger partial charge < -0.3 is 24.1 Å². The van der Waals surface area contributed by atoms with Crippen LogP contribution in [0.15, 0.2) is 51.4 Å². The van der Waals surface area contributed by atoms with Crippen molar-refractivity contribution in [2.75, 3.05) is 27.9 Å². The van der Waals surface area contributed by atoms with Gasteiger partial charge in [-0.3, -0.25) is 9.36 Å². The van der Waals surface area contributed by atoms with Crippen LogP contribution in [0.1, 0.15) is 43.9 Å². The van der Waals surface area contributed by atoms with Crippen LogP contribution < -0.4 is 29.1 Å². The molecule has 4 rings (SSSR count). The van der Waals surface area contributed by atoms with E-state index < -0.39 is 12.0 Å². The molecule has 2 heterocycles. The summed E-state index contributed by atoms with van der Waals surface area (Å²) in [6, 6.07) is 7.84. The fraction of sp³-hybridized carbons (Fsp3) is 0.321. The predicted octanol–water partition coefficient (Wildman–Crippen LogP) is 3.91. The zero-order valence-electron chi connectivity index (χ0n) is 22.2. The van der Waals surface area contributed by atoms with Crippen LogP contribution in [0.3, 0.4) is 0 Å². The number of phenols is 1. The van der Waals surface area contributed by atoms with Crippen molar-refractivity contribution in [3.05, 3.63) is 76.0 Å². The molecule has 0 amide bonds. The summed E-state index contributed by atoms with van der Waals surface area (Å²) in [5, 5.41) is 10.2. The van der Waals surface area contributed by atoms with E-state index in [2.05, 4.69) is 0 Å². The highest BCUT2D eigenvalue weighted by atomic mass is 127. The number of hydrogen-bond donors (Lipinski definition) is 1. The molecule has 1 aliphatic rings. The van der Waals surface area contributed by atoms with Crippen LogP contribution in [0.4, 0.5) is 0 Å². The first-order valence-corrected chi connectivity index (χ1v) is 14.2. The number of carbonyl (C=O) groups excluding carboxylic acids is 1. The normalized spacial score (nSPS) is 15.0. The van der Waals surface area contributed by atoms with Gasteiger partial charge in [0.25, 0.3) is 5.56 Å². The number of carbonyl (C=O) groups is 1. The maximum Gasteiger partial charge on any atom is 0.338 e. The summed E-state index contributed by atoms with van der Waals surface area (Å²) in [6.07, 6.45) is 2.99. The average molecular weight is 665 g/mol. The fourth-order valence-electron chi connectivity index (χ4n) is 4.45. The Balaban J connectivity index is 2.06. The maximum atomic E-state index is 14.0. The second kappa shape index (κ2) is 12.2. The molecule has 1 aliphatic heterocycles. The largest absolute Gasteiger partial charge is 0.504 e. The number of methoxy groups -OCH3 is 3. The standard InChI is InChI=1S/C28H29IN2O7S/c1-6-8-19-23(27(34)38-7-2)24(17-14-16(35-3)9-10-20(17)36-4)31-26(33)22(39-28(31)30-19)13-15-11-18(29)25(32)21(12-15)37-5/h9-14,24,32H,6-8H2,1-5H3/b22-13-/t24-/m1/s1. The second-order valence-electron chi connectivity index (χ2n) is 8.58. The summed E-state index contributed by atoms with van der Waals surface area (Å²) in [6.45, 7) is 3.92. The Bertz CT molecular complexity index is 1620. The van der Waals surface area contributed by atoms with Gasteiger partial charge in [0.1, 0.15) is 17.5 Å². The van der Waals surface area contributed by atoms with Crippen molar-refractivity contribution in [2.45, 2.75) is 32.7 Å². The Morgan fingerprint density at radius 2 is 1.87 bits per heavy atom. The smallest absolute Gasteiger partial charge is 0.338 e. The van der Waals surface area contributed by atoms with Crippen molar-refractivity contribution < 1.29 is 28.8 Å². The van der Waals surface area contributed by atoms with Crippen LogP contribution in [0.25, 0.3) is 6.08 Å². The zero-order valence-corrected chi connectivity index (χ0v) is 25.2. The third kappa shape index (κ3) is 5.55. The lowest BCUT2D eigenvalue weighted by atomic mass is 9.93. The number of ether oxygens (including phenoxy) is 4. The van der Waals surface area contributed by atoms with E-state index in [9.17, 15) is 14.7 Å². The highest BCUT2D eigenvalue weighted by molar-refractivity contribution is 14.1. The Labute approximate surface area is 243 Å². The van der Waals surface area contributed by atoms with Crippen molar-refractivity contribution >= 4 is 46.0 Å². The van der Waals surface area contributed by atoms with Gasteiger partial charge in [0.2, 0.25) is 0 Å². The van der Waals surface area contributed by atoms with E-state index in [0.29, 0.717) is 59.0 Å². The van der Waals surface area contributed by atoms with Crippen molar-refractivity contribution in [1.82, 2.24) is 4.57 Å². The minimum atomic E-state index is -0.844. The van der Waals surface area contributed by atoms with Crippen LogP contribution in [0, 0.1) is 3.57 Å². The van der Waals surface area contributed by atoms with Gasteiger partial charge in [0, 0.05) is 5.56 Å². The highest BCUT2D eigenvalue weighted by Crippen LogP contribution is 2.39. The van der Waals surface area contributed by atoms with Gasteiger partial charge in [-0.25, -0.2) is 9.79 Å². The number of nitrogens with zero attached hydrogens (tertiary/aromatic N) is 2. The Morgan fingerprint density at radius 1 is 1.13 bits per heavy atom. The molecule has 2 aromatic carbocycles. The molecule has 0 spiro atoms. The second-order valence-corrected chi connectivity index (χ2v) is 10.7. The number of aromatic hydroxyl groups is 1. The van der Waals surface area contributed by atoms with E-state index in [1.54, 1.807) is 50.4 Å². The molecule has 11 heteroatoms. The Kier molecular flexibility index (Phi) is 9.01. The molecule has 1 N–H and O–H groups in total. The SMILES string of the molecule is CCCC1=C(C(=O)OCC)[C@@H](c2cc(OC)ccc2OC)n2c(s/c(=C\c3cc(I)c(O)c(OC)c3)c2=O)=N1. The number of thiazole rings is 1. The molecule has 1 atom stereocenters. The monoisotopic (exact) mass is 664 g/mol. The zero-order chi connectivity index (χ0) is 28.3.